The molecule has 0 saturated carbocycles. The monoisotopic (exact) mass is 481 g/mol. The number of aryl methyl sites for hydroxylation is 1. The van der Waals surface area contributed by atoms with E-state index < -0.39 is 10.0 Å². The van der Waals surface area contributed by atoms with E-state index >= 15 is 0 Å². The lowest BCUT2D eigenvalue weighted by molar-refractivity contribution is 0.0929. The largest absolute Gasteiger partial charge is 0.351 e. The van der Waals surface area contributed by atoms with Crippen molar-refractivity contribution < 1.29 is 13.2 Å². The van der Waals surface area contributed by atoms with Crippen LogP contribution in [0.4, 0.5) is 5.69 Å². The minimum atomic E-state index is -3.83. The van der Waals surface area contributed by atoms with Crippen LogP contribution in [-0.4, -0.2) is 46.4 Å². The minimum Gasteiger partial charge on any atom is -0.351 e. The molecule has 0 unspecified atom stereocenters. The lowest BCUT2D eigenvalue weighted by Crippen LogP contribution is -2.40. The van der Waals surface area contributed by atoms with Crippen LogP contribution in [-0.2, 0) is 10.0 Å². The number of rotatable bonds is 8. The Kier molecular flexibility index (Phi) is 7.48. The molecular weight excluding hydrogens is 454 g/mol. The van der Waals surface area contributed by atoms with Crippen LogP contribution < -0.4 is 10.0 Å². The van der Waals surface area contributed by atoms with Gasteiger partial charge >= 0.3 is 0 Å². The van der Waals surface area contributed by atoms with Gasteiger partial charge in [-0.3, -0.25) is 9.52 Å². The van der Waals surface area contributed by atoms with Crippen molar-refractivity contribution in [2.75, 3.05) is 31.9 Å². The van der Waals surface area contributed by atoms with Crippen LogP contribution in [0.15, 0.2) is 51.8 Å². The topological polar surface area (TPSA) is 78.5 Å². The molecule has 0 spiro atoms. The molecule has 0 aromatic heterocycles. The van der Waals surface area contributed by atoms with E-state index in [-0.39, 0.29) is 16.2 Å². The van der Waals surface area contributed by atoms with Crippen molar-refractivity contribution >= 4 is 37.5 Å². The first kappa shape index (κ1) is 23.4. The first-order valence-corrected chi connectivity index (χ1v) is 11.5. The van der Waals surface area contributed by atoms with Gasteiger partial charge in [0, 0.05) is 23.1 Å². The Balaban J connectivity index is 2.17. The Morgan fingerprint density at radius 1 is 1.14 bits per heavy atom. The van der Waals surface area contributed by atoms with Gasteiger partial charge in [0.1, 0.15) is 0 Å². The Morgan fingerprint density at radius 3 is 2.48 bits per heavy atom. The predicted molar refractivity (Wildman–Crippen MR) is 121 cm³/mol. The van der Waals surface area contributed by atoms with E-state index in [9.17, 15) is 13.2 Å². The van der Waals surface area contributed by atoms with E-state index in [0.717, 1.165) is 12.1 Å². The highest BCUT2D eigenvalue weighted by molar-refractivity contribution is 9.10. The van der Waals surface area contributed by atoms with E-state index in [1.165, 1.54) is 12.1 Å². The number of hydrogen-bond acceptors (Lipinski definition) is 4. The molecule has 29 heavy (non-hydrogen) atoms. The molecule has 6 nitrogen and oxygen atoms in total. The molecule has 2 rings (SSSR count). The van der Waals surface area contributed by atoms with Crippen LogP contribution >= 0.6 is 15.9 Å². The summed E-state index contributed by atoms with van der Waals surface area (Å²) in [6.45, 7) is 7.31. The van der Waals surface area contributed by atoms with Crippen molar-refractivity contribution in [3.8, 4) is 0 Å². The third-order valence-corrected chi connectivity index (χ3v) is 6.30. The Bertz CT molecular complexity index is 988. The second-order valence-corrected chi connectivity index (χ2v) is 10.7. The van der Waals surface area contributed by atoms with Crippen molar-refractivity contribution in [1.29, 1.82) is 0 Å². The molecule has 8 heteroatoms. The maximum absolute atomic E-state index is 12.8. The van der Waals surface area contributed by atoms with Crippen LogP contribution in [0.1, 0.15) is 29.8 Å². The smallest absolute Gasteiger partial charge is 0.261 e. The van der Waals surface area contributed by atoms with Gasteiger partial charge in [0.25, 0.3) is 15.9 Å². The number of sulfonamides is 1. The van der Waals surface area contributed by atoms with Crippen LogP contribution in [0.3, 0.4) is 0 Å². The standard InChI is InChI=1S/C21H28BrN3O3S/c1-15-9-10-18(22)19(11-15)24-29(27,28)17-8-6-7-16(12-17)20(26)23-13-21(2,3)14-25(4)5/h6-12,24H,13-14H2,1-5H3,(H,23,26). The summed E-state index contributed by atoms with van der Waals surface area (Å²) in [6, 6.07) is 11.4. The summed E-state index contributed by atoms with van der Waals surface area (Å²) in [6.07, 6.45) is 0. The fourth-order valence-corrected chi connectivity index (χ4v) is 4.65. The molecule has 0 heterocycles. The molecule has 158 valence electrons. The van der Waals surface area contributed by atoms with Crippen LogP contribution in [0.25, 0.3) is 0 Å². The van der Waals surface area contributed by atoms with Gasteiger partial charge in [0.05, 0.1) is 10.6 Å². The van der Waals surface area contributed by atoms with Crippen molar-refractivity contribution in [2.45, 2.75) is 25.7 Å². The van der Waals surface area contributed by atoms with Gasteiger partial charge in [0.15, 0.2) is 0 Å². The van der Waals surface area contributed by atoms with E-state index in [1.54, 1.807) is 24.3 Å². The average molecular weight is 482 g/mol. The Morgan fingerprint density at radius 2 is 1.83 bits per heavy atom. The molecule has 0 aliphatic rings. The summed E-state index contributed by atoms with van der Waals surface area (Å²) >= 11 is 3.35. The van der Waals surface area contributed by atoms with Gasteiger partial charge in [-0.25, -0.2) is 8.42 Å². The molecule has 2 aromatic rings. The summed E-state index contributed by atoms with van der Waals surface area (Å²) in [5.41, 5.74) is 1.57. The highest BCUT2D eigenvalue weighted by Gasteiger charge is 2.21. The zero-order valence-electron chi connectivity index (χ0n) is 17.4. The lowest BCUT2D eigenvalue weighted by atomic mass is 9.93. The fraction of sp³-hybridized carbons (Fsp3) is 0.381. The average Bonchev–Trinajstić information content (AvgIpc) is 2.62. The number of halogens is 1. The molecule has 0 bridgehead atoms. The SMILES string of the molecule is Cc1ccc(Br)c(NS(=O)(=O)c2cccc(C(=O)NCC(C)(C)CN(C)C)c2)c1. The van der Waals surface area contributed by atoms with Gasteiger partial charge in [-0.05, 0) is 78.3 Å². The Labute approximate surface area is 181 Å². The molecule has 0 aliphatic carbocycles. The number of carbonyl (C=O) groups is 1. The molecule has 0 aliphatic heterocycles. The van der Waals surface area contributed by atoms with Crippen LogP contribution in [0, 0.1) is 12.3 Å². The number of amides is 1. The zero-order valence-corrected chi connectivity index (χ0v) is 19.8. The van der Waals surface area contributed by atoms with Crippen molar-refractivity contribution in [3.05, 3.63) is 58.1 Å². The summed E-state index contributed by atoms with van der Waals surface area (Å²) in [7, 11) is 0.133. The van der Waals surface area contributed by atoms with Gasteiger partial charge in [0.2, 0.25) is 0 Å². The molecule has 0 fully saturated rings. The normalized spacial score (nSPS) is 12.1. The van der Waals surface area contributed by atoms with Crippen LogP contribution in [0.2, 0.25) is 0 Å². The first-order chi connectivity index (χ1) is 13.4. The first-order valence-electron chi connectivity index (χ1n) is 9.22. The maximum atomic E-state index is 12.8. The summed E-state index contributed by atoms with van der Waals surface area (Å²) < 4.78 is 28.8. The van der Waals surface area contributed by atoms with Gasteiger partial charge < -0.3 is 10.2 Å². The number of nitrogens with one attached hydrogen (secondary N) is 2. The van der Waals surface area contributed by atoms with E-state index in [0.29, 0.717) is 22.3 Å². The molecule has 2 N–H and O–H groups in total. The van der Waals surface area contributed by atoms with Gasteiger partial charge in [-0.1, -0.05) is 26.0 Å². The highest BCUT2D eigenvalue weighted by atomic mass is 79.9. The minimum absolute atomic E-state index is 0.0334. The summed E-state index contributed by atoms with van der Waals surface area (Å²) in [5.74, 6) is -0.300. The van der Waals surface area contributed by atoms with Gasteiger partial charge in [-0.2, -0.15) is 0 Å². The van der Waals surface area contributed by atoms with Crippen molar-refractivity contribution in [2.24, 2.45) is 5.41 Å². The number of carbonyl (C=O) groups excluding carboxylic acids is 1. The number of anilines is 1. The predicted octanol–water partition coefficient (Wildman–Crippen LogP) is 3.88. The summed E-state index contributed by atoms with van der Waals surface area (Å²) in [4.78, 5) is 14.7. The second kappa shape index (κ2) is 9.28. The molecular formula is C21H28BrN3O3S. The molecule has 0 saturated heterocycles. The third-order valence-electron chi connectivity index (χ3n) is 4.24. The van der Waals surface area contributed by atoms with Gasteiger partial charge in [-0.15, -0.1) is 0 Å². The fourth-order valence-electron chi connectivity index (χ4n) is 3.06. The second-order valence-electron chi connectivity index (χ2n) is 8.20. The van der Waals surface area contributed by atoms with Crippen molar-refractivity contribution in [3.63, 3.8) is 0 Å². The third kappa shape index (κ3) is 6.83. The van der Waals surface area contributed by atoms with E-state index in [1.807, 2.05) is 27.1 Å². The van der Waals surface area contributed by atoms with Crippen molar-refractivity contribution in [1.82, 2.24) is 10.2 Å². The lowest BCUT2D eigenvalue weighted by Gasteiger charge is -2.28. The van der Waals surface area contributed by atoms with E-state index in [2.05, 4.69) is 44.7 Å². The number of hydrogen-bond donors (Lipinski definition) is 2. The molecule has 0 radical (unpaired) electrons. The molecule has 1 amide bonds. The Hall–Kier alpha value is -1.90. The zero-order chi connectivity index (χ0) is 21.8. The van der Waals surface area contributed by atoms with Crippen LogP contribution in [0.5, 0.6) is 0 Å². The maximum Gasteiger partial charge on any atom is 0.261 e. The molecule has 2 aromatic carbocycles. The highest BCUT2D eigenvalue weighted by Crippen LogP contribution is 2.26. The quantitative estimate of drug-likeness (QED) is 0.599. The summed E-state index contributed by atoms with van der Waals surface area (Å²) in [5, 5.41) is 2.90. The van der Waals surface area contributed by atoms with E-state index in [4.69, 9.17) is 0 Å². The number of benzene rings is 2. The molecule has 0 atom stereocenters. The number of nitrogens with zero attached hydrogens (tertiary/aromatic N) is 1.